The first-order valence-corrected chi connectivity index (χ1v) is 5.49. The summed E-state index contributed by atoms with van der Waals surface area (Å²) in [7, 11) is 0. The van der Waals surface area contributed by atoms with E-state index in [-0.39, 0.29) is 5.38 Å². The second kappa shape index (κ2) is 5.21. The van der Waals surface area contributed by atoms with Crippen molar-refractivity contribution in [3.05, 3.63) is 42.0 Å². The minimum Gasteiger partial charge on any atom is -0.122 e. The lowest BCUT2D eigenvalue weighted by Crippen LogP contribution is -2.09. The van der Waals surface area contributed by atoms with Crippen molar-refractivity contribution in [3.8, 4) is 0 Å². The van der Waals surface area contributed by atoms with Crippen LogP contribution in [0.5, 0.6) is 0 Å². The van der Waals surface area contributed by atoms with Crippen LogP contribution in [0.1, 0.15) is 37.3 Å². The van der Waals surface area contributed by atoms with E-state index >= 15 is 0 Å². The molecule has 0 spiro atoms. The van der Waals surface area contributed by atoms with Gasteiger partial charge in [0.25, 0.3) is 0 Å². The maximum Gasteiger partial charge on any atom is 0.0399 e. The second-order valence-electron chi connectivity index (χ2n) is 3.55. The molecule has 0 fully saturated rings. The fourth-order valence-electron chi connectivity index (χ4n) is 1.66. The van der Waals surface area contributed by atoms with Gasteiger partial charge in [-0.25, -0.2) is 0 Å². The van der Waals surface area contributed by atoms with Crippen LogP contribution in [-0.4, -0.2) is 5.38 Å². The van der Waals surface area contributed by atoms with Crippen molar-refractivity contribution >= 4 is 17.7 Å². The molecule has 2 atom stereocenters. The van der Waals surface area contributed by atoms with E-state index in [1.54, 1.807) is 0 Å². The first kappa shape index (κ1) is 11.3. The molecule has 0 aliphatic rings. The summed E-state index contributed by atoms with van der Waals surface area (Å²) < 4.78 is 0. The van der Waals surface area contributed by atoms with Gasteiger partial charge in [0.1, 0.15) is 0 Å². The van der Waals surface area contributed by atoms with Crippen LogP contribution in [-0.2, 0) is 0 Å². The van der Waals surface area contributed by atoms with Crippen molar-refractivity contribution in [2.75, 3.05) is 0 Å². The Balaban J connectivity index is 2.99. The minimum atomic E-state index is 0.205. The molecule has 0 radical (unpaired) electrons. The second-order valence-corrected chi connectivity index (χ2v) is 4.11. The highest BCUT2D eigenvalue weighted by Crippen LogP contribution is 2.28. The summed E-state index contributed by atoms with van der Waals surface area (Å²) in [4.78, 5) is 0. The van der Waals surface area contributed by atoms with Gasteiger partial charge in [-0.2, -0.15) is 0 Å². The summed E-state index contributed by atoms with van der Waals surface area (Å²) in [6, 6.07) is 8.30. The lowest BCUT2D eigenvalue weighted by atomic mass is 9.92. The molecule has 2 unspecified atom stereocenters. The first-order chi connectivity index (χ1) is 6.70. The van der Waals surface area contributed by atoms with Crippen LogP contribution in [0.3, 0.4) is 0 Å². The van der Waals surface area contributed by atoms with Crippen molar-refractivity contribution in [1.82, 2.24) is 0 Å². The SMILES string of the molecule is C=Cc1ccccc1C(C)C(Cl)CC. The standard InChI is InChI=1S/C13H17Cl/c1-4-11-8-6-7-9-12(11)10(3)13(14)5-2/h4,6-10,13H,1,5H2,2-3H3. The van der Waals surface area contributed by atoms with Gasteiger partial charge in [-0.3, -0.25) is 0 Å². The molecule has 0 heterocycles. The van der Waals surface area contributed by atoms with Crippen LogP contribution in [0.25, 0.3) is 6.08 Å². The Bertz CT molecular complexity index is 304. The fraction of sp³-hybridized carbons (Fsp3) is 0.385. The van der Waals surface area contributed by atoms with E-state index in [0.717, 1.165) is 6.42 Å². The highest BCUT2D eigenvalue weighted by atomic mass is 35.5. The third-order valence-corrected chi connectivity index (χ3v) is 3.33. The maximum absolute atomic E-state index is 6.24. The Morgan fingerprint density at radius 1 is 1.43 bits per heavy atom. The summed E-state index contributed by atoms with van der Waals surface area (Å²) in [6.07, 6.45) is 2.89. The molecule has 0 nitrogen and oxygen atoms in total. The van der Waals surface area contributed by atoms with Crippen LogP contribution in [0.2, 0.25) is 0 Å². The monoisotopic (exact) mass is 208 g/mol. The molecule has 0 saturated carbocycles. The van der Waals surface area contributed by atoms with Crippen LogP contribution >= 0.6 is 11.6 Å². The molecule has 0 saturated heterocycles. The molecule has 1 rings (SSSR count). The third-order valence-electron chi connectivity index (χ3n) is 2.64. The van der Waals surface area contributed by atoms with Crippen molar-refractivity contribution in [3.63, 3.8) is 0 Å². The van der Waals surface area contributed by atoms with Gasteiger partial charge in [0.15, 0.2) is 0 Å². The Kier molecular flexibility index (Phi) is 4.21. The van der Waals surface area contributed by atoms with Crippen LogP contribution in [0.4, 0.5) is 0 Å². The summed E-state index contributed by atoms with van der Waals surface area (Å²) in [5.41, 5.74) is 2.49. The van der Waals surface area contributed by atoms with Crippen LogP contribution in [0, 0.1) is 0 Å². The topological polar surface area (TPSA) is 0 Å². The highest BCUT2D eigenvalue weighted by Gasteiger charge is 2.15. The Hall–Kier alpha value is -0.750. The predicted octanol–water partition coefficient (Wildman–Crippen LogP) is 4.45. The normalized spacial score (nSPS) is 14.8. The number of benzene rings is 1. The summed E-state index contributed by atoms with van der Waals surface area (Å²) in [5.74, 6) is 0.385. The van der Waals surface area contributed by atoms with Crippen molar-refractivity contribution in [2.45, 2.75) is 31.6 Å². The largest absolute Gasteiger partial charge is 0.122 e. The van der Waals surface area contributed by atoms with E-state index in [1.165, 1.54) is 11.1 Å². The highest BCUT2D eigenvalue weighted by molar-refractivity contribution is 6.21. The van der Waals surface area contributed by atoms with Gasteiger partial charge < -0.3 is 0 Å². The molecule has 14 heavy (non-hydrogen) atoms. The Morgan fingerprint density at radius 3 is 2.64 bits per heavy atom. The minimum absolute atomic E-state index is 0.205. The van der Waals surface area contributed by atoms with E-state index in [2.05, 4.69) is 38.6 Å². The summed E-state index contributed by atoms with van der Waals surface area (Å²) >= 11 is 6.24. The number of halogens is 1. The predicted molar refractivity (Wildman–Crippen MR) is 64.9 cm³/mol. The number of alkyl halides is 1. The van der Waals surface area contributed by atoms with Crippen LogP contribution in [0.15, 0.2) is 30.8 Å². The summed E-state index contributed by atoms with van der Waals surface area (Å²) in [5, 5.41) is 0.205. The van der Waals surface area contributed by atoms with Crippen molar-refractivity contribution < 1.29 is 0 Å². The summed E-state index contributed by atoms with van der Waals surface area (Å²) in [6.45, 7) is 8.10. The molecular formula is C13H17Cl. The molecule has 1 aromatic rings. The first-order valence-electron chi connectivity index (χ1n) is 5.06. The van der Waals surface area contributed by atoms with Crippen molar-refractivity contribution in [2.24, 2.45) is 0 Å². The number of hydrogen-bond donors (Lipinski definition) is 0. The molecule has 1 heteroatoms. The van der Waals surface area contributed by atoms with E-state index in [9.17, 15) is 0 Å². The fourth-order valence-corrected chi connectivity index (χ4v) is 1.80. The quantitative estimate of drug-likeness (QED) is 0.642. The van der Waals surface area contributed by atoms with Gasteiger partial charge in [-0.05, 0) is 23.5 Å². The number of hydrogen-bond acceptors (Lipinski definition) is 0. The molecule has 0 N–H and O–H groups in total. The van der Waals surface area contributed by atoms with E-state index in [4.69, 9.17) is 11.6 Å². The molecular weight excluding hydrogens is 192 g/mol. The lowest BCUT2D eigenvalue weighted by molar-refractivity contribution is 0.674. The average molecular weight is 209 g/mol. The molecule has 1 aromatic carbocycles. The van der Waals surface area contributed by atoms with Gasteiger partial charge in [0, 0.05) is 5.38 Å². The molecule has 0 bridgehead atoms. The molecule has 76 valence electrons. The average Bonchev–Trinajstić information content (AvgIpc) is 2.26. The molecule has 0 amide bonds. The zero-order chi connectivity index (χ0) is 10.6. The van der Waals surface area contributed by atoms with Gasteiger partial charge in [0.05, 0.1) is 0 Å². The lowest BCUT2D eigenvalue weighted by Gasteiger charge is -2.18. The molecule has 0 aliphatic heterocycles. The number of rotatable bonds is 4. The maximum atomic E-state index is 6.24. The third kappa shape index (κ3) is 2.39. The van der Waals surface area contributed by atoms with Gasteiger partial charge in [-0.15, -0.1) is 11.6 Å². The molecule has 0 aromatic heterocycles. The van der Waals surface area contributed by atoms with Crippen molar-refractivity contribution in [1.29, 1.82) is 0 Å². The van der Waals surface area contributed by atoms with E-state index in [1.807, 2.05) is 12.1 Å². The van der Waals surface area contributed by atoms with E-state index < -0.39 is 0 Å². The zero-order valence-corrected chi connectivity index (χ0v) is 9.59. The van der Waals surface area contributed by atoms with Gasteiger partial charge >= 0.3 is 0 Å². The van der Waals surface area contributed by atoms with E-state index in [0.29, 0.717) is 5.92 Å². The molecule has 0 aliphatic carbocycles. The smallest absolute Gasteiger partial charge is 0.0399 e. The van der Waals surface area contributed by atoms with Gasteiger partial charge in [-0.1, -0.05) is 50.8 Å². The zero-order valence-electron chi connectivity index (χ0n) is 8.83. The van der Waals surface area contributed by atoms with Gasteiger partial charge in [0.2, 0.25) is 0 Å². The van der Waals surface area contributed by atoms with Crippen LogP contribution < -0.4 is 0 Å². The Morgan fingerprint density at radius 2 is 2.07 bits per heavy atom. The Labute approximate surface area is 91.6 Å².